The monoisotopic (exact) mass is 212 g/mol. The van der Waals surface area contributed by atoms with Gasteiger partial charge in [-0.05, 0) is 49.5 Å². The van der Waals surface area contributed by atoms with Crippen LogP contribution in [0, 0.1) is 17.2 Å². The molecule has 16 heavy (non-hydrogen) atoms. The van der Waals surface area contributed by atoms with Crippen LogP contribution in [0.25, 0.3) is 6.08 Å². The minimum atomic E-state index is 0.705. The highest BCUT2D eigenvalue weighted by Gasteiger charge is 2.08. The van der Waals surface area contributed by atoms with Crippen LogP contribution in [0.15, 0.2) is 30.3 Å². The Balaban J connectivity index is 1.97. The lowest BCUT2D eigenvalue weighted by Gasteiger charge is -2.19. The van der Waals surface area contributed by atoms with Crippen molar-refractivity contribution in [1.82, 2.24) is 5.32 Å². The van der Waals surface area contributed by atoms with E-state index in [1.54, 1.807) is 0 Å². The van der Waals surface area contributed by atoms with Gasteiger partial charge in [0.05, 0.1) is 11.6 Å². The molecule has 1 fully saturated rings. The van der Waals surface area contributed by atoms with Crippen molar-refractivity contribution in [3.05, 3.63) is 41.5 Å². The number of nitrogens with one attached hydrogen (secondary N) is 1. The summed E-state index contributed by atoms with van der Waals surface area (Å²) >= 11 is 0. The van der Waals surface area contributed by atoms with Gasteiger partial charge in [0.15, 0.2) is 0 Å². The third-order valence-electron chi connectivity index (χ3n) is 2.98. The van der Waals surface area contributed by atoms with E-state index in [4.69, 9.17) is 5.26 Å². The van der Waals surface area contributed by atoms with E-state index in [9.17, 15) is 0 Å². The molecule has 1 N–H and O–H groups in total. The quantitative estimate of drug-likeness (QED) is 0.817. The van der Waals surface area contributed by atoms with Crippen LogP contribution in [0.4, 0.5) is 0 Å². The maximum absolute atomic E-state index is 8.69. The molecule has 1 heterocycles. The Morgan fingerprint density at radius 3 is 2.50 bits per heavy atom. The smallest absolute Gasteiger partial charge is 0.0991 e. The number of hydrogen-bond donors (Lipinski definition) is 1. The number of benzene rings is 1. The van der Waals surface area contributed by atoms with Crippen molar-refractivity contribution in [2.45, 2.75) is 12.8 Å². The Labute approximate surface area is 96.6 Å². The summed E-state index contributed by atoms with van der Waals surface area (Å²) in [6, 6.07) is 9.85. The van der Waals surface area contributed by atoms with Crippen molar-refractivity contribution in [3.8, 4) is 6.07 Å². The summed E-state index contributed by atoms with van der Waals surface area (Å²) < 4.78 is 0. The number of rotatable bonds is 2. The van der Waals surface area contributed by atoms with Gasteiger partial charge >= 0.3 is 0 Å². The molecule has 2 rings (SSSR count). The Morgan fingerprint density at radius 2 is 1.88 bits per heavy atom. The SMILES string of the molecule is N#Cc1ccc(/C=C/C2CCNCC2)cc1. The second kappa shape index (κ2) is 5.48. The Hall–Kier alpha value is -1.59. The summed E-state index contributed by atoms with van der Waals surface area (Å²) in [5, 5.41) is 12.0. The van der Waals surface area contributed by atoms with Crippen LogP contribution < -0.4 is 5.32 Å². The third kappa shape index (κ3) is 2.95. The number of nitrogens with zero attached hydrogens (tertiary/aromatic N) is 1. The highest BCUT2D eigenvalue weighted by atomic mass is 14.9. The van der Waals surface area contributed by atoms with Crippen molar-refractivity contribution in [2.75, 3.05) is 13.1 Å². The fraction of sp³-hybridized carbons (Fsp3) is 0.357. The van der Waals surface area contributed by atoms with E-state index in [0.717, 1.165) is 18.7 Å². The zero-order valence-corrected chi connectivity index (χ0v) is 9.32. The van der Waals surface area contributed by atoms with Crippen LogP contribution in [-0.2, 0) is 0 Å². The molecule has 0 aliphatic carbocycles. The molecule has 82 valence electrons. The van der Waals surface area contributed by atoms with E-state index in [2.05, 4.69) is 23.5 Å². The van der Waals surface area contributed by atoms with E-state index < -0.39 is 0 Å². The molecule has 0 unspecified atom stereocenters. The number of hydrogen-bond acceptors (Lipinski definition) is 2. The summed E-state index contributed by atoms with van der Waals surface area (Å²) in [4.78, 5) is 0. The van der Waals surface area contributed by atoms with Crippen LogP contribution >= 0.6 is 0 Å². The molecule has 1 aliphatic rings. The summed E-state index contributed by atoms with van der Waals surface area (Å²) in [5.74, 6) is 0.705. The molecule has 2 nitrogen and oxygen atoms in total. The van der Waals surface area contributed by atoms with Gasteiger partial charge in [0.25, 0.3) is 0 Å². The molecule has 0 bridgehead atoms. The van der Waals surface area contributed by atoms with Gasteiger partial charge in [0.1, 0.15) is 0 Å². The lowest BCUT2D eigenvalue weighted by molar-refractivity contribution is 0.438. The first-order chi connectivity index (χ1) is 7.88. The summed E-state index contributed by atoms with van der Waals surface area (Å²) in [6.45, 7) is 2.25. The first-order valence-corrected chi connectivity index (χ1v) is 5.77. The van der Waals surface area contributed by atoms with Crippen molar-refractivity contribution in [2.24, 2.45) is 5.92 Å². The second-order valence-corrected chi connectivity index (χ2v) is 4.18. The van der Waals surface area contributed by atoms with Crippen LogP contribution in [0.5, 0.6) is 0 Å². The highest BCUT2D eigenvalue weighted by molar-refractivity contribution is 5.51. The molecule has 0 aromatic heterocycles. The van der Waals surface area contributed by atoms with Gasteiger partial charge in [-0.1, -0.05) is 24.3 Å². The molecule has 1 saturated heterocycles. The number of piperidine rings is 1. The first kappa shape index (κ1) is 10.9. The van der Waals surface area contributed by atoms with Crippen molar-refractivity contribution >= 4 is 6.08 Å². The normalized spacial score (nSPS) is 17.4. The number of nitriles is 1. The van der Waals surface area contributed by atoms with Gasteiger partial charge in [-0.3, -0.25) is 0 Å². The van der Waals surface area contributed by atoms with Crippen LogP contribution in [0.1, 0.15) is 24.0 Å². The second-order valence-electron chi connectivity index (χ2n) is 4.18. The molecule has 0 atom stereocenters. The van der Waals surface area contributed by atoms with Crippen LogP contribution in [0.2, 0.25) is 0 Å². The van der Waals surface area contributed by atoms with E-state index in [1.807, 2.05) is 24.3 Å². The molecular weight excluding hydrogens is 196 g/mol. The fourth-order valence-corrected chi connectivity index (χ4v) is 1.95. The van der Waals surface area contributed by atoms with Gasteiger partial charge in [0.2, 0.25) is 0 Å². The first-order valence-electron chi connectivity index (χ1n) is 5.77. The molecule has 1 aromatic rings. The predicted molar refractivity (Wildman–Crippen MR) is 65.8 cm³/mol. The lowest BCUT2D eigenvalue weighted by Crippen LogP contribution is -2.26. The Morgan fingerprint density at radius 1 is 1.19 bits per heavy atom. The van der Waals surface area contributed by atoms with Gasteiger partial charge in [-0.15, -0.1) is 0 Å². The average molecular weight is 212 g/mol. The fourth-order valence-electron chi connectivity index (χ4n) is 1.95. The zero-order chi connectivity index (χ0) is 11.2. The van der Waals surface area contributed by atoms with E-state index >= 15 is 0 Å². The molecule has 0 radical (unpaired) electrons. The Kier molecular flexibility index (Phi) is 3.74. The maximum Gasteiger partial charge on any atom is 0.0991 e. The molecule has 0 amide bonds. The highest BCUT2D eigenvalue weighted by Crippen LogP contribution is 2.15. The van der Waals surface area contributed by atoms with Crippen molar-refractivity contribution < 1.29 is 0 Å². The summed E-state index contributed by atoms with van der Waals surface area (Å²) in [5.41, 5.74) is 1.90. The molecule has 1 aliphatic heterocycles. The average Bonchev–Trinajstić information content (AvgIpc) is 2.38. The van der Waals surface area contributed by atoms with Crippen LogP contribution in [-0.4, -0.2) is 13.1 Å². The predicted octanol–water partition coefficient (Wildman–Crippen LogP) is 2.57. The maximum atomic E-state index is 8.69. The van der Waals surface area contributed by atoms with Gasteiger partial charge in [-0.2, -0.15) is 5.26 Å². The topological polar surface area (TPSA) is 35.8 Å². The zero-order valence-electron chi connectivity index (χ0n) is 9.32. The van der Waals surface area contributed by atoms with Crippen molar-refractivity contribution in [1.29, 1.82) is 5.26 Å². The third-order valence-corrected chi connectivity index (χ3v) is 2.98. The van der Waals surface area contributed by atoms with Gasteiger partial charge in [-0.25, -0.2) is 0 Å². The van der Waals surface area contributed by atoms with E-state index in [1.165, 1.54) is 18.4 Å². The Bertz CT molecular complexity index is 392. The molecular formula is C14H16N2. The van der Waals surface area contributed by atoms with E-state index in [-0.39, 0.29) is 0 Å². The minimum absolute atomic E-state index is 0.705. The van der Waals surface area contributed by atoms with Crippen molar-refractivity contribution in [3.63, 3.8) is 0 Å². The number of allylic oxidation sites excluding steroid dienone is 1. The standard InChI is InChI=1S/C14H16N2/c15-11-14-5-3-12(4-6-14)1-2-13-7-9-16-10-8-13/h1-6,13,16H,7-10H2/b2-1+. The summed E-state index contributed by atoms with van der Waals surface area (Å²) in [7, 11) is 0. The summed E-state index contributed by atoms with van der Waals surface area (Å²) in [6.07, 6.45) is 6.92. The minimum Gasteiger partial charge on any atom is -0.317 e. The largest absolute Gasteiger partial charge is 0.317 e. The lowest BCUT2D eigenvalue weighted by atomic mass is 9.97. The molecule has 0 saturated carbocycles. The van der Waals surface area contributed by atoms with Gasteiger partial charge in [0, 0.05) is 0 Å². The van der Waals surface area contributed by atoms with E-state index in [0.29, 0.717) is 5.92 Å². The molecule has 0 spiro atoms. The van der Waals surface area contributed by atoms with Gasteiger partial charge < -0.3 is 5.32 Å². The molecule has 1 aromatic carbocycles. The molecule has 2 heteroatoms. The van der Waals surface area contributed by atoms with Crippen LogP contribution in [0.3, 0.4) is 0 Å².